The van der Waals surface area contributed by atoms with Crippen LogP contribution in [0.4, 0.5) is 5.82 Å². The van der Waals surface area contributed by atoms with Crippen LogP contribution in [0.25, 0.3) is 16.2 Å². The second-order valence-corrected chi connectivity index (χ2v) is 7.83. The molecule has 0 atom stereocenters. The first-order valence-electron chi connectivity index (χ1n) is 6.40. The fourth-order valence-corrected chi connectivity index (χ4v) is 3.49. The minimum Gasteiger partial charge on any atom is -0.383 e. The van der Waals surface area contributed by atoms with Gasteiger partial charge in [-0.05, 0) is 45.6 Å². The molecule has 0 amide bonds. The summed E-state index contributed by atoms with van der Waals surface area (Å²) in [5, 5.41) is 0. The molecule has 0 fully saturated rings. The highest BCUT2D eigenvalue weighted by Crippen LogP contribution is 2.37. The van der Waals surface area contributed by atoms with Crippen molar-refractivity contribution in [2.24, 2.45) is 0 Å². The maximum atomic E-state index is 6.24. The topological polar surface area (TPSA) is 43.3 Å². The van der Waals surface area contributed by atoms with Crippen LogP contribution >= 0.6 is 27.3 Å². The third kappa shape index (κ3) is 2.25. The molecule has 3 aromatic rings. The van der Waals surface area contributed by atoms with Crippen molar-refractivity contribution in [1.29, 1.82) is 0 Å². The van der Waals surface area contributed by atoms with E-state index in [0.717, 1.165) is 20.7 Å². The summed E-state index contributed by atoms with van der Waals surface area (Å²) in [5.41, 5.74) is 8.13. The first-order chi connectivity index (χ1) is 9.36. The smallest absolute Gasteiger partial charge is 0.139 e. The number of rotatable bonds is 1. The highest BCUT2D eigenvalue weighted by Gasteiger charge is 2.19. The predicted molar refractivity (Wildman–Crippen MR) is 89.3 cm³/mol. The molecule has 2 N–H and O–H groups in total. The zero-order chi connectivity index (χ0) is 14.5. The summed E-state index contributed by atoms with van der Waals surface area (Å²) in [4.78, 5) is 7.10. The van der Waals surface area contributed by atoms with E-state index in [-0.39, 0.29) is 5.41 Å². The minimum atomic E-state index is 0.153. The molecule has 0 aliphatic carbocycles. The zero-order valence-corrected chi connectivity index (χ0v) is 14.0. The van der Waals surface area contributed by atoms with Crippen LogP contribution in [0.5, 0.6) is 0 Å². The van der Waals surface area contributed by atoms with Gasteiger partial charge in [-0.3, -0.25) is 4.40 Å². The third-order valence-corrected chi connectivity index (χ3v) is 5.18. The number of thiophene rings is 1. The van der Waals surface area contributed by atoms with E-state index in [4.69, 9.17) is 5.73 Å². The number of fused-ring (bicyclic) bond motifs is 1. The standard InChI is InChI=1S/C15H16BrN3S/c1-15(2,3)11-6-5-10(20-11)13-14(17)19-8-9(16)4-7-12(19)18-13/h4-8H,17H2,1-3H3. The van der Waals surface area contributed by atoms with Crippen molar-refractivity contribution in [3.05, 3.63) is 39.8 Å². The summed E-state index contributed by atoms with van der Waals surface area (Å²) in [6, 6.07) is 8.21. The van der Waals surface area contributed by atoms with E-state index in [0.29, 0.717) is 5.82 Å². The van der Waals surface area contributed by atoms with Crippen molar-refractivity contribution in [1.82, 2.24) is 9.38 Å². The van der Waals surface area contributed by atoms with Gasteiger partial charge < -0.3 is 5.73 Å². The first-order valence-corrected chi connectivity index (χ1v) is 8.01. The van der Waals surface area contributed by atoms with Crippen LogP contribution in [-0.4, -0.2) is 9.38 Å². The van der Waals surface area contributed by atoms with Crippen molar-refractivity contribution in [2.75, 3.05) is 5.73 Å². The highest BCUT2D eigenvalue weighted by molar-refractivity contribution is 9.10. The van der Waals surface area contributed by atoms with E-state index in [9.17, 15) is 0 Å². The molecular formula is C15H16BrN3S. The average molecular weight is 350 g/mol. The number of nitrogens with two attached hydrogens (primary N) is 1. The van der Waals surface area contributed by atoms with Gasteiger partial charge in [0.1, 0.15) is 17.2 Å². The Morgan fingerprint density at radius 2 is 1.95 bits per heavy atom. The summed E-state index contributed by atoms with van der Waals surface area (Å²) in [5.74, 6) is 0.684. The molecule has 0 saturated heterocycles. The van der Waals surface area contributed by atoms with E-state index in [2.05, 4.69) is 53.8 Å². The maximum absolute atomic E-state index is 6.24. The van der Waals surface area contributed by atoms with Crippen molar-refractivity contribution >= 4 is 38.7 Å². The monoisotopic (exact) mass is 349 g/mol. The van der Waals surface area contributed by atoms with Crippen LogP contribution in [-0.2, 0) is 5.41 Å². The number of imidazole rings is 1. The predicted octanol–water partition coefficient (Wildman–Crippen LogP) is 4.71. The second kappa shape index (κ2) is 4.60. The molecule has 0 radical (unpaired) electrons. The van der Waals surface area contributed by atoms with Gasteiger partial charge in [0.25, 0.3) is 0 Å². The normalized spacial score (nSPS) is 12.2. The molecule has 0 aromatic carbocycles. The van der Waals surface area contributed by atoms with Gasteiger partial charge in [-0.1, -0.05) is 20.8 Å². The Balaban J connectivity index is 2.15. The number of anilines is 1. The highest BCUT2D eigenvalue weighted by atomic mass is 79.9. The lowest BCUT2D eigenvalue weighted by atomic mass is 9.95. The summed E-state index contributed by atoms with van der Waals surface area (Å²) in [7, 11) is 0. The molecule has 0 spiro atoms. The maximum Gasteiger partial charge on any atom is 0.139 e. The van der Waals surface area contributed by atoms with Gasteiger partial charge in [0.2, 0.25) is 0 Å². The molecule has 104 valence electrons. The number of hydrogen-bond donors (Lipinski definition) is 1. The molecule has 3 heterocycles. The molecule has 5 heteroatoms. The van der Waals surface area contributed by atoms with Crippen molar-refractivity contribution in [2.45, 2.75) is 26.2 Å². The van der Waals surface area contributed by atoms with Crippen molar-refractivity contribution in [3.8, 4) is 10.6 Å². The van der Waals surface area contributed by atoms with E-state index < -0.39 is 0 Å². The third-order valence-electron chi connectivity index (χ3n) is 3.20. The summed E-state index contributed by atoms with van der Waals surface area (Å²) < 4.78 is 2.90. The first kappa shape index (κ1) is 13.6. The molecule has 3 nitrogen and oxygen atoms in total. The van der Waals surface area contributed by atoms with Gasteiger partial charge in [0, 0.05) is 15.5 Å². The minimum absolute atomic E-state index is 0.153. The molecule has 0 unspecified atom stereocenters. The van der Waals surface area contributed by atoms with Crippen molar-refractivity contribution < 1.29 is 0 Å². The van der Waals surface area contributed by atoms with Gasteiger partial charge in [0.05, 0.1) is 4.88 Å². The second-order valence-electron chi connectivity index (χ2n) is 5.84. The molecule has 3 rings (SSSR count). The molecule has 0 saturated carbocycles. The van der Waals surface area contributed by atoms with Crippen LogP contribution in [0, 0.1) is 0 Å². The number of hydrogen-bond acceptors (Lipinski definition) is 3. The average Bonchev–Trinajstić information content (AvgIpc) is 2.95. The van der Waals surface area contributed by atoms with Crippen LogP contribution in [0.2, 0.25) is 0 Å². The number of aromatic nitrogens is 2. The SMILES string of the molecule is CC(C)(C)c1ccc(-c2nc3ccc(Br)cn3c2N)s1. The zero-order valence-electron chi connectivity index (χ0n) is 11.6. The lowest BCUT2D eigenvalue weighted by molar-refractivity contribution is 0.604. The Morgan fingerprint density at radius 3 is 2.60 bits per heavy atom. The van der Waals surface area contributed by atoms with Gasteiger partial charge in [-0.2, -0.15) is 0 Å². The molecular weight excluding hydrogens is 334 g/mol. The van der Waals surface area contributed by atoms with Gasteiger partial charge in [-0.15, -0.1) is 11.3 Å². The lowest BCUT2D eigenvalue weighted by Crippen LogP contribution is -2.07. The summed E-state index contributed by atoms with van der Waals surface area (Å²) in [6.45, 7) is 6.65. The Labute approximate surface area is 130 Å². The Bertz CT molecular complexity index is 780. The Hall–Kier alpha value is -1.33. The van der Waals surface area contributed by atoms with Gasteiger partial charge in [-0.25, -0.2) is 4.98 Å². The number of pyridine rings is 1. The fourth-order valence-electron chi connectivity index (χ4n) is 2.09. The fraction of sp³-hybridized carbons (Fsp3) is 0.267. The molecule has 20 heavy (non-hydrogen) atoms. The summed E-state index contributed by atoms with van der Waals surface area (Å²) >= 11 is 5.22. The van der Waals surface area contributed by atoms with Crippen LogP contribution in [0.1, 0.15) is 25.6 Å². The van der Waals surface area contributed by atoms with E-state index >= 15 is 0 Å². The molecule has 0 aliphatic heterocycles. The Kier molecular flexibility index (Phi) is 3.14. The number of nitrogens with zero attached hydrogens (tertiary/aromatic N) is 2. The lowest BCUT2D eigenvalue weighted by Gasteiger charge is -2.15. The van der Waals surface area contributed by atoms with Gasteiger partial charge in [0.15, 0.2) is 0 Å². The van der Waals surface area contributed by atoms with Crippen LogP contribution in [0.15, 0.2) is 34.9 Å². The van der Waals surface area contributed by atoms with E-state index in [1.807, 2.05) is 22.7 Å². The molecule has 0 aliphatic rings. The van der Waals surface area contributed by atoms with Crippen LogP contribution < -0.4 is 5.73 Å². The Morgan fingerprint density at radius 1 is 1.20 bits per heavy atom. The molecule has 3 aromatic heterocycles. The quantitative estimate of drug-likeness (QED) is 0.691. The van der Waals surface area contributed by atoms with E-state index in [1.165, 1.54) is 4.88 Å². The number of halogens is 1. The van der Waals surface area contributed by atoms with Gasteiger partial charge >= 0.3 is 0 Å². The van der Waals surface area contributed by atoms with E-state index in [1.54, 1.807) is 11.3 Å². The van der Waals surface area contributed by atoms with Crippen molar-refractivity contribution in [3.63, 3.8) is 0 Å². The largest absolute Gasteiger partial charge is 0.383 e. The molecule has 0 bridgehead atoms. The van der Waals surface area contributed by atoms with Crippen LogP contribution in [0.3, 0.4) is 0 Å². The number of nitrogen functional groups attached to an aromatic ring is 1. The summed E-state index contributed by atoms with van der Waals surface area (Å²) in [6.07, 6.45) is 1.94.